The molecule has 0 radical (unpaired) electrons. The van der Waals surface area contributed by atoms with Gasteiger partial charge < -0.3 is 0 Å². The third kappa shape index (κ3) is 2.29. The fourth-order valence-corrected chi connectivity index (χ4v) is 4.06. The topological polar surface area (TPSA) is 34.1 Å². The third-order valence-corrected chi connectivity index (χ3v) is 5.69. The Labute approximate surface area is 98.7 Å². The Morgan fingerprint density at radius 2 is 1.81 bits per heavy atom. The first kappa shape index (κ1) is 13.2. The zero-order valence-electron chi connectivity index (χ0n) is 10.2. The zero-order chi connectivity index (χ0) is 12.2. The van der Waals surface area contributed by atoms with Crippen molar-refractivity contribution >= 4 is 9.84 Å². The van der Waals surface area contributed by atoms with Crippen LogP contribution in [0.15, 0.2) is 36.0 Å². The summed E-state index contributed by atoms with van der Waals surface area (Å²) in [4.78, 5) is 0. The number of allylic oxidation sites excluding steroid dienone is 5. The summed E-state index contributed by atoms with van der Waals surface area (Å²) in [6.45, 7) is 3.90. The molecular formula is C13H20O2S. The second kappa shape index (κ2) is 5.00. The molecule has 0 heterocycles. The maximum Gasteiger partial charge on any atom is 0.156 e. The van der Waals surface area contributed by atoms with Crippen molar-refractivity contribution in [2.24, 2.45) is 0 Å². The molecule has 0 fully saturated rings. The molecule has 0 bridgehead atoms. The van der Waals surface area contributed by atoms with Gasteiger partial charge in [0.2, 0.25) is 0 Å². The summed E-state index contributed by atoms with van der Waals surface area (Å²) in [5.74, 6) is 0. The lowest BCUT2D eigenvalue weighted by atomic mass is 9.90. The Bertz CT molecular complexity index is 421. The summed E-state index contributed by atoms with van der Waals surface area (Å²) in [7, 11) is -3.08. The van der Waals surface area contributed by atoms with Gasteiger partial charge in [-0.25, -0.2) is 8.42 Å². The molecule has 0 atom stereocenters. The van der Waals surface area contributed by atoms with E-state index in [1.807, 2.05) is 44.2 Å². The van der Waals surface area contributed by atoms with E-state index in [-0.39, 0.29) is 0 Å². The highest BCUT2D eigenvalue weighted by molar-refractivity contribution is 7.92. The van der Waals surface area contributed by atoms with Gasteiger partial charge in [0, 0.05) is 6.26 Å². The van der Waals surface area contributed by atoms with Crippen molar-refractivity contribution in [3.8, 4) is 0 Å². The van der Waals surface area contributed by atoms with Crippen molar-refractivity contribution in [1.82, 2.24) is 0 Å². The number of hydrogen-bond donors (Lipinski definition) is 0. The Hall–Kier alpha value is -0.830. The molecule has 1 aliphatic rings. The minimum absolute atomic E-state index is 0.635. The van der Waals surface area contributed by atoms with E-state index in [2.05, 4.69) is 0 Å². The van der Waals surface area contributed by atoms with Gasteiger partial charge in [-0.1, -0.05) is 44.2 Å². The average molecular weight is 240 g/mol. The Morgan fingerprint density at radius 3 is 2.31 bits per heavy atom. The van der Waals surface area contributed by atoms with Gasteiger partial charge in [0.1, 0.15) is 0 Å². The van der Waals surface area contributed by atoms with Crippen molar-refractivity contribution in [3.05, 3.63) is 36.0 Å². The van der Waals surface area contributed by atoms with Crippen molar-refractivity contribution in [2.45, 2.75) is 37.9 Å². The van der Waals surface area contributed by atoms with Gasteiger partial charge in [0.15, 0.2) is 9.84 Å². The van der Waals surface area contributed by atoms with Crippen LogP contribution in [-0.2, 0) is 9.84 Å². The molecule has 90 valence electrons. The van der Waals surface area contributed by atoms with Gasteiger partial charge in [0.05, 0.1) is 4.75 Å². The van der Waals surface area contributed by atoms with E-state index in [9.17, 15) is 8.42 Å². The third-order valence-electron chi connectivity index (χ3n) is 3.43. The van der Waals surface area contributed by atoms with Crippen LogP contribution >= 0.6 is 0 Å². The molecule has 0 amide bonds. The van der Waals surface area contributed by atoms with Crippen LogP contribution in [0.5, 0.6) is 0 Å². The van der Waals surface area contributed by atoms with Crippen LogP contribution in [0, 0.1) is 0 Å². The molecule has 0 aromatic heterocycles. The molecule has 0 unspecified atom stereocenters. The van der Waals surface area contributed by atoms with E-state index in [1.54, 1.807) is 0 Å². The van der Waals surface area contributed by atoms with Crippen molar-refractivity contribution in [3.63, 3.8) is 0 Å². The van der Waals surface area contributed by atoms with Crippen LogP contribution < -0.4 is 0 Å². The molecular weight excluding hydrogens is 220 g/mol. The van der Waals surface area contributed by atoms with E-state index in [1.165, 1.54) is 6.26 Å². The van der Waals surface area contributed by atoms with Crippen LogP contribution in [0.4, 0.5) is 0 Å². The van der Waals surface area contributed by atoms with E-state index >= 15 is 0 Å². The average Bonchev–Trinajstić information content (AvgIpc) is 2.47. The van der Waals surface area contributed by atoms with Gasteiger partial charge in [-0.15, -0.1) is 0 Å². The van der Waals surface area contributed by atoms with Crippen LogP contribution in [0.2, 0.25) is 0 Å². The summed E-state index contributed by atoms with van der Waals surface area (Å²) < 4.78 is 23.4. The molecule has 1 rings (SSSR count). The first-order valence-electron chi connectivity index (χ1n) is 5.70. The van der Waals surface area contributed by atoms with Gasteiger partial charge in [0.25, 0.3) is 0 Å². The highest BCUT2D eigenvalue weighted by atomic mass is 32.2. The molecule has 3 heteroatoms. The van der Waals surface area contributed by atoms with E-state index in [0.717, 1.165) is 12.0 Å². The molecule has 0 saturated carbocycles. The summed E-state index contributed by atoms with van der Waals surface area (Å²) >= 11 is 0. The number of hydrogen-bond acceptors (Lipinski definition) is 2. The summed E-state index contributed by atoms with van der Waals surface area (Å²) in [5, 5.41) is 0. The monoisotopic (exact) mass is 240 g/mol. The SMILES string of the molecule is CCC(CC)(C1=CC=CC=CC1)S(C)(=O)=O. The normalized spacial score (nSPS) is 17.1. The molecule has 0 aromatic carbocycles. The molecule has 2 nitrogen and oxygen atoms in total. The molecule has 0 spiro atoms. The molecule has 1 aliphatic carbocycles. The number of sulfone groups is 1. The van der Waals surface area contributed by atoms with Gasteiger partial charge >= 0.3 is 0 Å². The lowest BCUT2D eigenvalue weighted by Gasteiger charge is -2.32. The summed E-state index contributed by atoms with van der Waals surface area (Å²) in [6.07, 6.45) is 13.1. The van der Waals surface area contributed by atoms with E-state index < -0.39 is 14.6 Å². The van der Waals surface area contributed by atoms with E-state index in [0.29, 0.717) is 12.8 Å². The fraction of sp³-hybridized carbons (Fsp3) is 0.538. The zero-order valence-corrected chi connectivity index (χ0v) is 11.0. The van der Waals surface area contributed by atoms with Gasteiger partial charge in [-0.05, 0) is 24.8 Å². The Kier molecular flexibility index (Phi) is 4.14. The summed E-state index contributed by atoms with van der Waals surface area (Å²) in [6, 6.07) is 0. The molecule has 16 heavy (non-hydrogen) atoms. The van der Waals surface area contributed by atoms with Gasteiger partial charge in [-0.3, -0.25) is 0 Å². The molecule has 0 aromatic rings. The van der Waals surface area contributed by atoms with Crippen molar-refractivity contribution < 1.29 is 8.42 Å². The van der Waals surface area contributed by atoms with Crippen molar-refractivity contribution in [1.29, 1.82) is 0 Å². The first-order chi connectivity index (χ1) is 7.48. The van der Waals surface area contributed by atoms with Crippen LogP contribution in [-0.4, -0.2) is 19.4 Å². The first-order valence-corrected chi connectivity index (χ1v) is 7.59. The summed E-state index contributed by atoms with van der Waals surface area (Å²) in [5.41, 5.74) is 1.00. The largest absolute Gasteiger partial charge is 0.228 e. The minimum atomic E-state index is -3.08. The molecule has 0 N–H and O–H groups in total. The maximum absolute atomic E-state index is 12.0. The predicted molar refractivity (Wildman–Crippen MR) is 69.1 cm³/mol. The number of rotatable bonds is 4. The lowest BCUT2D eigenvalue weighted by molar-refractivity contribution is 0.522. The standard InChI is InChI=1S/C13H20O2S/c1-4-13(5-2,16(3,14)15)12-10-8-6-7-9-11-12/h6-10H,4-5,11H2,1-3H3. The quantitative estimate of drug-likeness (QED) is 0.757. The van der Waals surface area contributed by atoms with Crippen molar-refractivity contribution in [2.75, 3.05) is 6.26 Å². The van der Waals surface area contributed by atoms with E-state index in [4.69, 9.17) is 0 Å². The predicted octanol–water partition coefficient (Wildman–Crippen LogP) is 3.03. The lowest BCUT2D eigenvalue weighted by Crippen LogP contribution is -2.38. The Morgan fingerprint density at radius 1 is 1.19 bits per heavy atom. The Balaban J connectivity index is 3.27. The fourth-order valence-electron chi connectivity index (χ4n) is 2.38. The molecule has 0 saturated heterocycles. The second-order valence-electron chi connectivity index (χ2n) is 4.18. The highest BCUT2D eigenvalue weighted by Crippen LogP contribution is 2.36. The second-order valence-corrected chi connectivity index (χ2v) is 6.51. The van der Waals surface area contributed by atoms with Gasteiger partial charge in [-0.2, -0.15) is 0 Å². The van der Waals surface area contributed by atoms with Crippen LogP contribution in [0.25, 0.3) is 0 Å². The minimum Gasteiger partial charge on any atom is -0.228 e. The maximum atomic E-state index is 12.0. The smallest absolute Gasteiger partial charge is 0.156 e. The molecule has 0 aliphatic heterocycles. The highest BCUT2D eigenvalue weighted by Gasteiger charge is 2.40. The van der Waals surface area contributed by atoms with Crippen LogP contribution in [0.1, 0.15) is 33.1 Å². The van der Waals surface area contributed by atoms with Crippen LogP contribution in [0.3, 0.4) is 0 Å².